The van der Waals surface area contributed by atoms with Crippen LogP contribution in [0.3, 0.4) is 0 Å². The highest BCUT2D eigenvalue weighted by Crippen LogP contribution is 2.28. The quantitative estimate of drug-likeness (QED) is 0.506. The fourth-order valence-electron chi connectivity index (χ4n) is 1.44. The van der Waals surface area contributed by atoms with Crippen LogP contribution in [0.1, 0.15) is 5.69 Å². The van der Waals surface area contributed by atoms with Crippen molar-refractivity contribution >= 4 is 34.0 Å². The van der Waals surface area contributed by atoms with Crippen molar-refractivity contribution in [1.82, 2.24) is 9.97 Å². The lowest BCUT2D eigenvalue weighted by Gasteiger charge is -2.07. The molecule has 1 heterocycles. The number of nitro benzene ring substituents is 1. The molecule has 0 saturated heterocycles. The Morgan fingerprint density at radius 1 is 1.47 bits per heavy atom. The highest BCUT2D eigenvalue weighted by Gasteiger charge is 2.17. The summed E-state index contributed by atoms with van der Waals surface area (Å²) >= 11 is 1.71. The van der Waals surface area contributed by atoms with E-state index in [1.165, 1.54) is 12.4 Å². The van der Waals surface area contributed by atoms with Crippen molar-refractivity contribution < 1.29 is 9.31 Å². The minimum Gasteiger partial charge on any atom is -0.374 e. The summed E-state index contributed by atoms with van der Waals surface area (Å²) in [6.07, 6.45) is 2.94. The van der Waals surface area contributed by atoms with Crippen molar-refractivity contribution in [2.75, 3.05) is 5.32 Å². The Kier molecular flexibility index (Phi) is 4.20. The van der Waals surface area contributed by atoms with Gasteiger partial charge in [0.1, 0.15) is 17.8 Å². The molecule has 19 heavy (non-hydrogen) atoms. The summed E-state index contributed by atoms with van der Waals surface area (Å²) in [6, 6.07) is 3.97. The van der Waals surface area contributed by atoms with E-state index in [4.69, 9.17) is 0 Å². The molecule has 0 radical (unpaired) electrons. The summed E-state index contributed by atoms with van der Waals surface area (Å²) < 4.78 is 13.7. The lowest BCUT2D eigenvalue weighted by atomic mass is 10.2. The zero-order chi connectivity index (χ0) is 13.8. The van der Waals surface area contributed by atoms with Crippen molar-refractivity contribution in [3.63, 3.8) is 0 Å². The second kappa shape index (κ2) is 5.87. The van der Waals surface area contributed by atoms with Crippen LogP contribution in [0.15, 0.2) is 30.7 Å². The molecule has 0 saturated carbocycles. The van der Waals surface area contributed by atoms with E-state index in [0.717, 1.165) is 6.07 Å². The van der Waals surface area contributed by atoms with Gasteiger partial charge in [-0.3, -0.25) is 10.1 Å². The second-order valence-electron chi connectivity index (χ2n) is 3.59. The zero-order valence-corrected chi connectivity index (χ0v) is 11.7. The molecular weight excluding hydrogens is 366 g/mol. The molecule has 0 spiro atoms. The molecule has 0 bridgehead atoms. The third-order valence-corrected chi connectivity index (χ3v) is 3.17. The van der Waals surface area contributed by atoms with Gasteiger partial charge in [0.15, 0.2) is 0 Å². The maximum Gasteiger partial charge on any atom is 0.293 e. The molecule has 0 atom stereocenters. The number of anilines is 1. The molecule has 0 aliphatic carbocycles. The van der Waals surface area contributed by atoms with E-state index in [-0.39, 0.29) is 21.5 Å². The van der Waals surface area contributed by atoms with Crippen molar-refractivity contribution in [3.05, 3.63) is 55.9 Å². The van der Waals surface area contributed by atoms with Crippen LogP contribution in [-0.4, -0.2) is 14.9 Å². The number of hydrogen-bond donors (Lipinski definition) is 1. The lowest BCUT2D eigenvalue weighted by molar-refractivity contribution is -0.384. The van der Waals surface area contributed by atoms with Gasteiger partial charge in [-0.15, -0.1) is 0 Å². The number of halogens is 2. The minimum absolute atomic E-state index is 0.126. The predicted octanol–water partition coefficient (Wildman–Crippen LogP) is 2.74. The molecule has 0 fully saturated rings. The van der Waals surface area contributed by atoms with Gasteiger partial charge in [-0.05, 0) is 28.7 Å². The first-order chi connectivity index (χ1) is 9.08. The molecule has 0 aliphatic rings. The number of nitrogens with one attached hydrogen (secondary N) is 1. The third kappa shape index (κ3) is 3.34. The summed E-state index contributed by atoms with van der Waals surface area (Å²) in [7, 11) is 0. The van der Waals surface area contributed by atoms with Crippen LogP contribution in [0.2, 0.25) is 0 Å². The van der Waals surface area contributed by atoms with Gasteiger partial charge in [0.05, 0.1) is 20.7 Å². The van der Waals surface area contributed by atoms with Crippen LogP contribution >= 0.6 is 22.6 Å². The first-order valence-electron chi connectivity index (χ1n) is 5.20. The van der Waals surface area contributed by atoms with E-state index in [2.05, 4.69) is 15.3 Å². The molecule has 2 rings (SSSR count). The van der Waals surface area contributed by atoms with Gasteiger partial charge >= 0.3 is 0 Å². The van der Waals surface area contributed by atoms with Gasteiger partial charge in [-0.25, -0.2) is 14.4 Å². The van der Waals surface area contributed by atoms with Crippen LogP contribution in [-0.2, 0) is 6.54 Å². The smallest absolute Gasteiger partial charge is 0.293 e. The standard InChI is InChI=1S/C11H8FIN4O2/c12-8-3-10(11(17(18)19)4-9(8)13)15-5-7-1-2-14-6-16-7/h1-4,6,15H,5H2. The van der Waals surface area contributed by atoms with Crippen LogP contribution in [0.5, 0.6) is 0 Å². The molecule has 8 heteroatoms. The van der Waals surface area contributed by atoms with E-state index in [1.807, 2.05) is 0 Å². The molecule has 1 aromatic carbocycles. The van der Waals surface area contributed by atoms with Crippen LogP contribution in [0, 0.1) is 19.5 Å². The SMILES string of the molecule is O=[N+]([O-])c1cc(I)c(F)cc1NCc1ccncn1. The maximum absolute atomic E-state index is 13.5. The van der Waals surface area contributed by atoms with E-state index in [0.29, 0.717) is 5.69 Å². The first kappa shape index (κ1) is 13.6. The van der Waals surface area contributed by atoms with Gasteiger partial charge in [-0.2, -0.15) is 0 Å². The fraction of sp³-hybridized carbons (Fsp3) is 0.0909. The van der Waals surface area contributed by atoms with Crippen molar-refractivity contribution in [2.45, 2.75) is 6.54 Å². The zero-order valence-electron chi connectivity index (χ0n) is 9.51. The molecule has 0 unspecified atom stereocenters. The minimum atomic E-state index is -0.552. The molecule has 0 aliphatic heterocycles. The molecule has 1 aromatic heterocycles. The van der Waals surface area contributed by atoms with Gasteiger partial charge in [-0.1, -0.05) is 0 Å². The molecule has 6 nitrogen and oxygen atoms in total. The van der Waals surface area contributed by atoms with Crippen LogP contribution in [0.4, 0.5) is 15.8 Å². The molecule has 1 N–H and O–H groups in total. The van der Waals surface area contributed by atoms with Crippen LogP contribution in [0.25, 0.3) is 0 Å². The summed E-state index contributed by atoms with van der Waals surface area (Å²) in [5.74, 6) is -0.503. The highest BCUT2D eigenvalue weighted by atomic mass is 127. The molecular formula is C11H8FIN4O2. The van der Waals surface area contributed by atoms with Crippen molar-refractivity contribution in [3.8, 4) is 0 Å². The number of benzene rings is 1. The average Bonchev–Trinajstić information content (AvgIpc) is 2.40. The predicted molar refractivity (Wildman–Crippen MR) is 75.1 cm³/mol. The van der Waals surface area contributed by atoms with Gasteiger partial charge < -0.3 is 5.32 Å². The summed E-state index contributed by atoms with van der Waals surface area (Å²) in [4.78, 5) is 18.1. The molecule has 98 valence electrons. The third-order valence-electron chi connectivity index (χ3n) is 2.34. The van der Waals surface area contributed by atoms with Gasteiger partial charge in [0.2, 0.25) is 0 Å². The monoisotopic (exact) mass is 374 g/mol. The second-order valence-corrected chi connectivity index (χ2v) is 4.76. The van der Waals surface area contributed by atoms with E-state index >= 15 is 0 Å². The van der Waals surface area contributed by atoms with E-state index in [9.17, 15) is 14.5 Å². The Balaban J connectivity index is 2.24. The molecule has 2 aromatic rings. The fourth-order valence-corrected chi connectivity index (χ4v) is 1.89. The summed E-state index contributed by atoms with van der Waals surface area (Å²) in [5, 5.41) is 13.7. The largest absolute Gasteiger partial charge is 0.374 e. The Morgan fingerprint density at radius 3 is 2.89 bits per heavy atom. The lowest BCUT2D eigenvalue weighted by Crippen LogP contribution is -2.05. The average molecular weight is 374 g/mol. The topological polar surface area (TPSA) is 81.0 Å². The van der Waals surface area contributed by atoms with E-state index < -0.39 is 10.7 Å². The van der Waals surface area contributed by atoms with Crippen molar-refractivity contribution in [2.24, 2.45) is 0 Å². The Labute approximate surface area is 121 Å². The highest BCUT2D eigenvalue weighted by molar-refractivity contribution is 14.1. The maximum atomic E-state index is 13.5. The van der Waals surface area contributed by atoms with Crippen molar-refractivity contribution in [1.29, 1.82) is 0 Å². The number of nitro groups is 1. The number of rotatable bonds is 4. The summed E-state index contributed by atoms with van der Waals surface area (Å²) in [6.45, 7) is 0.253. The number of hydrogen-bond acceptors (Lipinski definition) is 5. The molecule has 0 amide bonds. The van der Waals surface area contributed by atoms with Gasteiger partial charge in [0.25, 0.3) is 5.69 Å². The Morgan fingerprint density at radius 2 is 2.26 bits per heavy atom. The van der Waals surface area contributed by atoms with E-state index in [1.54, 1.807) is 34.9 Å². The normalized spacial score (nSPS) is 10.2. The summed E-state index contributed by atoms with van der Waals surface area (Å²) in [5.41, 5.74) is 0.615. The van der Waals surface area contributed by atoms with Crippen LogP contribution < -0.4 is 5.32 Å². The Bertz CT molecular complexity index is 609. The first-order valence-corrected chi connectivity index (χ1v) is 6.28. The van der Waals surface area contributed by atoms with Gasteiger partial charge in [0, 0.05) is 18.3 Å². The Hall–Kier alpha value is -1.84. The number of aromatic nitrogens is 2. The number of nitrogens with zero attached hydrogens (tertiary/aromatic N) is 3.